The molecule has 5 rings (SSSR count). The van der Waals surface area contributed by atoms with E-state index in [9.17, 15) is 23.6 Å². The van der Waals surface area contributed by atoms with Gasteiger partial charge >= 0.3 is 0 Å². The number of ketones is 1. The van der Waals surface area contributed by atoms with Gasteiger partial charge in [-0.2, -0.15) is 0 Å². The van der Waals surface area contributed by atoms with E-state index in [-0.39, 0.29) is 36.6 Å². The van der Waals surface area contributed by atoms with Gasteiger partial charge in [-0.3, -0.25) is 19.2 Å². The summed E-state index contributed by atoms with van der Waals surface area (Å²) in [6, 6.07) is 20.0. The third-order valence-electron chi connectivity index (χ3n) is 8.73. The first-order chi connectivity index (χ1) is 24.4. The molecule has 1 fully saturated rings. The summed E-state index contributed by atoms with van der Waals surface area (Å²) in [5, 5.41) is 5.40. The number of aromatic nitrogens is 2. The minimum atomic E-state index is -1.25. The Kier molecular flexibility index (Phi) is 12.0. The Balaban J connectivity index is 1.32. The van der Waals surface area contributed by atoms with Crippen molar-refractivity contribution in [3.05, 3.63) is 114 Å². The van der Waals surface area contributed by atoms with Gasteiger partial charge in [0.25, 0.3) is 5.91 Å². The minimum absolute atomic E-state index is 0.0756. The molecule has 13 heteroatoms. The number of hydrogen-bond acceptors (Lipinski definition) is 8. The predicted molar refractivity (Wildman–Crippen MR) is 188 cm³/mol. The fourth-order valence-electron chi connectivity index (χ4n) is 5.85. The number of carbonyl (C=O) groups excluding carboxylic acids is 4. The van der Waals surface area contributed by atoms with Gasteiger partial charge in [-0.15, -0.1) is 0 Å². The molecule has 268 valence electrons. The largest absolute Gasteiger partial charge is 0.496 e. The zero-order valence-electron chi connectivity index (χ0n) is 28.9. The maximum atomic E-state index is 14.3. The topological polar surface area (TPSA) is 158 Å². The van der Waals surface area contributed by atoms with Gasteiger partial charge in [0, 0.05) is 36.3 Å². The van der Waals surface area contributed by atoms with Crippen molar-refractivity contribution in [3.63, 3.8) is 0 Å². The van der Waals surface area contributed by atoms with Crippen LogP contribution in [-0.2, 0) is 25.7 Å². The van der Waals surface area contributed by atoms with Gasteiger partial charge in [0.05, 0.1) is 32.2 Å². The molecular weight excluding hydrogens is 655 g/mol. The fraction of sp³-hybridized carbons (Fsp3) is 0.342. The molecule has 1 aliphatic rings. The van der Waals surface area contributed by atoms with Crippen LogP contribution in [0.1, 0.15) is 54.2 Å². The van der Waals surface area contributed by atoms with Crippen LogP contribution in [-0.4, -0.2) is 76.3 Å². The third-order valence-corrected chi connectivity index (χ3v) is 8.73. The standard InChI is InChI=1S/C38H43FN6O6/c1-38(2,40)37(49)42-30(23-51-22-25-9-5-4-6-10-25)35(47)43-32-21-45(24-41-32)33(29-11-7-8-12-31(29)50-3)36(48)44-19-17-27(18-20-44)34(46)26-13-15-28(39)16-14-26/h4-16,21,24,27,30,33H,17-20,22-23,40H2,1-3H3,(H,42,49)(H,43,47). The molecule has 4 aromatic rings. The molecule has 2 atom stereocenters. The van der Waals surface area contributed by atoms with E-state index in [0.717, 1.165) is 5.56 Å². The van der Waals surface area contributed by atoms with E-state index in [4.69, 9.17) is 15.2 Å². The number of methoxy groups -OCH3 is 1. The van der Waals surface area contributed by atoms with Crippen molar-refractivity contribution in [1.82, 2.24) is 19.8 Å². The van der Waals surface area contributed by atoms with Crippen LogP contribution < -0.4 is 21.1 Å². The highest BCUT2D eigenvalue weighted by Crippen LogP contribution is 2.32. The summed E-state index contributed by atoms with van der Waals surface area (Å²) in [4.78, 5) is 59.7. The molecule has 2 heterocycles. The lowest BCUT2D eigenvalue weighted by atomic mass is 9.88. The first kappa shape index (κ1) is 36.9. The lowest BCUT2D eigenvalue weighted by Gasteiger charge is -2.34. The predicted octanol–water partition coefficient (Wildman–Crippen LogP) is 4.12. The monoisotopic (exact) mass is 698 g/mol. The van der Waals surface area contributed by atoms with Gasteiger partial charge in [0.15, 0.2) is 11.6 Å². The molecule has 0 spiro atoms. The maximum absolute atomic E-state index is 14.3. The van der Waals surface area contributed by atoms with Crippen LogP contribution in [0.15, 0.2) is 91.4 Å². The van der Waals surface area contributed by atoms with Crippen molar-refractivity contribution in [2.24, 2.45) is 11.7 Å². The van der Waals surface area contributed by atoms with Crippen LogP contribution >= 0.6 is 0 Å². The first-order valence-electron chi connectivity index (χ1n) is 16.7. The summed E-state index contributed by atoms with van der Waals surface area (Å²) < 4.78 is 26.4. The molecule has 0 bridgehead atoms. The highest BCUT2D eigenvalue weighted by Gasteiger charge is 2.35. The van der Waals surface area contributed by atoms with Crippen LogP contribution in [0.3, 0.4) is 0 Å². The molecule has 2 unspecified atom stereocenters. The number of piperidine rings is 1. The molecule has 0 radical (unpaired) electrons. The van der Waals surface area contributed by atoms with Gasteiger partial charge in [-0.25, -0.2) is 9.37 Å². The number of para-hydroxylation sites is 1. The van der Waals surface area contributed by atoms with E-state index < -0.39 is 35.3 Å². The average Bonchev–Trinajstić information content (AvgIpc) is 3.59. The van der Waals surface area contributed by atoms with Crippen LogP contribution in [0.25, 0.3) is 0 Å². The van der Waals surface area contributed by atoms with Crippen molar-refractivity contribution in [2.45, 2.75) is 50.9 Å². The zero-order valence-corrected chi connectivity index (χ0v) is 28.9. The number of imidazole rings is 1. The minimum Gasteiger partial charge on any atom is -0.496 e. The Morgan fingerprint density at radius 2 is 1.65 bits per heavy atom. The summed E-state index contributed by atoms with van der Waals surface area (Å²) in [7, 11) is 1.52. The summed E-state index contributed by atoms with van der Waals surface area (Å²) in [5.41, 5.74) is 6.66. The lowest BCUT2D eigenvalue weighted by molar-refractivity contribution is -0.134. The molecule has 3 aromatic carbocycles. The Labute approximate surface area is 296 Å². The summed E-state index contributed by atoms with van der Waals surface area (Å²) in [6.07, 6.45) is 3.88. The number of ether oxygens (including phenoxy) is 2. The number of Topliss-reactive ketones (excluding diaryl/α,β-unsaturated/α-hetero) is 1. The number of anilines is 1. The molecule has 1 aliphatic heterocycles. The molecule has 51 heavy (non-hydrogen) atoms. The number of halogens is 1. The van der Waals surface area contributed by atoms with E-state index >= 15 is 0 Å². The number of nitrogens with one attached hydrogen (secondary N) is 2. The number of likely N-dealkylation sites (tertiary alicyclic amines) is 1. The van der Waals surface area contributed by atoms with Gasteiger partial charge < -0.3 is 35.3 Å². The number of amides is 3. The lowest BCUT2D eigenvalue weighted by Crippen LogP contribution is -2.56. The SMILES string of the molecule is COc1ccccc1C(C(=O)N1CCC(C(=O)c2ccc(F)cc2)CC1)n1cnc(NC(=O)C(COCc2ccccc2)NC(=O)C(C)(C)N)c1. The van der Waals surface area contributed by atoms with Gasteiger partial charge in [-0.1, -0.05) is 48.5 Å². The molecule has 3 amide bonds. The summed E-state index contributed by atoms with van der Waals surface area (Å²) in [5.74, 6) is -1.52. The second-order valence-electron chi connectivity index (χ2n) is 13.1. The highest BCUT2D eigenvalue weighted by atomic mass is 19.1. The average molecular weight is 699 g/mol. The van der Waals surface area contributed by atoms with Crippen molar-refractivity contribution in [2.75, 3.05) is 32.1 Å². The molecule has 4 N–H and O–H groups in total. The number of carbonyl (C=O) groups is 4. The fourth-order valence-corrected chi connectivity index (χ4v) is 5.85. The highest BCUT2D eigenvalue weighted by molar-refractivity contribution is 5.99. The maximum Gasteiger partial charge on any atom is 0.250 e. The van der Waals surface area contributed by atoms with E-state index in [0.29, 0.717) is 42.8 Å². The summed E-state index contributed by atoms with van der Waals surface area (Å²) in [6.45, 7) is 3.83. The van der Waals surface area contributed by atoms with Crippen molar-refractivity contribution in [1.29, 1.82) is 0 Å². The second kappa shape index (κ2) is 16.5. The number of nitrogens with two attached hydrogens (primary N) is 1. The molecule has 1 aromatic heterocycles. The smallest absolute Gasteiger partial charge is 0.250 e. The Bertz CT molecular complexity index is 1820. The van der Waals surface area contributed by atoms with Crippen LogP contribution in [0.5, 0.6) is 5.75 Å². The molecular formula is C38H43FN6O6. The molecule has 0 saturated carbocycles. The number of nitrogens with zero attached hydrogens (tertiary/aromatic N) is 3. The quantitative estimate of drug-likeness (QED) is 0.166. The van der Waals surface area contributed by atoms with Crippen LogP contribution in [0.2, 0.25) is 0 Å². The van der Waals surface area contributed by atoms with Gasteiger partial charge in [0.1, 0.15) is 23.7 Å². The van der Waals surface area contributed by atoms with Crippen LogP contribution in [0.4, 0.5) is 10.2 Å². The van der Waals surface area contributed by atoms with E-state index in [1.165, 1.54) is 57.7 Å². The van der Waals surface area contributed by atoms with Gasteiger partial charge in [0.2, 0.25) is 11.8 Å². The Morgan fingerprint density at radius 1 is 0.980 bits per heavy atom. The second-order valence-corrected chi connectivity index (χ2v) is 13.1. The van der Waals surface area contributed by atoms with Crippen molar-refractivity contribution >= 4 is 29.3 Å². The Morgan fingerprint density at radius 3 is 2.31 bits per heavy atom. The molecule has 1 saturated heterocycles. The zero-order chi connectivity index (χ0) is 36.5. The van der Waals surface area contributed by atoms with E-state index in [2.05, 4.69) is 15.6 Å². The van der Waals surface area contributed by atoms with Crippen molar-refractivity contribution in [3.8, 4) is 5.75 Å². The number of rotatable bonds is 14. The Hall–Kier alpha value is -5.40. The van der Waals surface area contributed by atoms with Crippen molar-refractivity contribution < 1.29 is 33.0 Å². The first-order valence-corrected chi connectivity index (χ1v) is 16.7. The molecule has 0 aliphatic carbocycles. The van der Waals surface area contributed by atoms with Crippen LogP contribution in [0, 0.1) is 11.7 Å². The summed E-state index contributed by atoms with van der Waals surface area (Å²) >= 11 is 0. The number of hydrogen-bond donors (Lipinski definition) is 3. The van der Waals surface area contributed by atoms with E-state index in [1.807, 2.05) is 30.3 Å². The third kappa shape index (κ3) is 9.44. The van der Waals surface area contributed by atoms with E-state index in [1.54, 1.807) is 33.7 Å². The molecule has 12 nitrogen and oxygen atoms in total. The number of benzene rings is 3. The van der Waals surface area contributed by atoms with Gasteiger partial charge in [-0.05, 0) is 62.6 Å². The normalized spacial score (nSPS) is 14.7.